The Hall–Kier alpha value is -2.59. The van der Waals surface area contributed by atoms with Crippen LogP contribution >= 0.6 is 23.2 Å². The second-order valence-corrected chi connectivity index (χ2v) is 8.54. The van der Waals surface area contributed by atoms with Crippen molar-refractivity contribution >= 4 is 46.4 Å². The van der Waals surface area contributed by atoms with Crippen molar-refractivity contribution in [2.24, 2.45) is 0 Å². The van der Waals surface area contributed by atoms with E-state index in [4.69, 9.17) is 38.9 Å². The van der Waals surface area contributed by atoms with Crippen molar-refractivity contribution in [1.82, 2.24) is 15.4 Å². The average Bonchev–Trinajstić information content (AvgIpc) is 3.02. The number of nitrogens with one attached hydrogen (secondary N) is 2. The SMILES string of the molecule is N=C1CCN(C(=O)c2ccc(Cl)c(Cl)c2)C/C1=C1/NCC(O)(CO)Cc2c1noc2N. The number of aromatic nitrogens is 1. The zero-order valence-electron chi connectivity index (χ0n) is 16.4. The van der Waals surface area contributed by atoms with Gasteiger partial charge in [-0.1, -0.05) is 28.4 Å². The third-order valence-electron chi connectivity index (χ3n) is 5.55. The number of nitrogen functional groups attached to an aromatic ring is 1. The van der Waals surface area contributed by atoms with E-state index in [9.17, 15) is 15.0 Å². The van der Waals surface area contributed by atoms with E-state index in [1.54, 1.807) is 17.0 Å². The van der Waals surface area contributed by atoms with Gasteiger partial charge >= 0.3 is 0 Å². The number of amides is 1. The minimum Gasteiger partial charge on any atom is -0.393 e. The standard InChI is InChI=1S/C20H21Cl2N5O4/c21-13-2-1-10(5-14(13)22)19(29)27-4-3-15(23)12(7-27)16-17-11(18(24)31-26-17)6-20(30,9-28)8-25-16/h1-2,5,23,25,28,30H,3-4,6-9,24H2/b16-12-,23-15?. The van der Waals surface area contributed by atoms with Crippen LogP contribution in [-0.4, -0.2) is 63.7 Å². The molecule has 1 fully saturated rings. The summed E-state index contributed by atoms with van der Waals surface area (Å²) in [6, 6.07) is 4.68. The number of carbonyl (C=O) groups is 1. The molecule has 0 saturated carbocycles. The Morgan fingerprint density at radius 2 is 2.16 bits per heavy atom. The van der Waals surface area contributed by atoms with Crippen LogP contribution in [0.4, 0.5) is 5.88 Å². The molecule has 6 N–H and O–H groups in total. The van der Waals surface area contributed by atoms with Gasteiger partial charge in [-0.25, -0.2) is 0 Å². The summed E-state index contributed by atoms with van der Waals surface area (Å²) in [4.78, 5) is 14.7. The molecule has 1 atom stereocenters. The van der Waals surface area contributed by atoms with Crippen LogP contribution in [0.1, 0.15) is 28.0 Å². The fourth-order valence-electron chi connectivity index (χ4n) is 3.76. The lowest BCUT2D eigenvalue weighted by atomic mass is 9.95. The van der Waals surface area contributed by atoms with Gasteiger partial charge in [0.25, 0.3) is 5.91 Å². The molecule has 31 heavy (non-hydrogen) atoms. The van der Waals surface area contributed by atoms with Crippen LogP contribution in [0.15, 0.2) is 28.3 Å². The Morgan fingerprint density at radius 1 is 1.39 bits per heavy atom. The maximum absolute atomic E-state index is 13.0. The summed E-state index contributed by atoms with van der Waals surface area (Å²) < 4.78 is 5.12. The topological polar surface area (TPSA) is 149 Å². The van der Waals surface area contributed by atoms with Crippen molar-refractivity contribution in [3.05, 3.63) is 50.6 Å². The molecule has 1 aromatic carbocycles. The summed E-state index contributed by atoms with van der Waals surface area (Å²) >= 11 is 12.0. The number of benzene rings is 1. The molecule has 0 spiro atoms. The number of hydrogen-bond donors (Lipinski definition) is 5. The summed E-state index contributed by atoms with van der Waals surface area (Å²) in [6.07, 6.45) is 0.373. The van der Waals surface area contributed by atoms with E-state index in [2.05, 4.69) is 10.5 Å². The number of nitrogens with zero attached hydrogens (tertiary/aromatic N) is 2. The molecule has 2 aliphatic heterocycles. The number of fused-ring (bicyclic) bond motifs is 1. The Balaban J connectivity index is 1.71. The fourth-order valence-corrected chi connectivity index (χ4v) is 4.05. The minimum absolute atomic E-state index is 0.0200. The first-order valence-corrected chi connectivity index (χ1v) is 10.3. The summed E-state index contributed by atoms with van der Waals surface area (Å²) in [5, 5.41) is 36.5. The molecule has 2 aromatic rings. The monoisotopic (exact) mass is 465 g/mol. The highest BCUT2D eigenvalue weighted by molar-refractivity contribution is 6.42. The van der Waals surface area contributed by atoms with Gasteiger partial charge in [-0.2, -0.15) is 0 Å². The second kappa shape index (κ2) is 8.16. The number of carbonyl (C=O) groups excluding carboxylic acids is 1. The molecule has 2 aliphatic rings. The Bertz CT molecular complexity index is 1100. The third-order valence-corrected chi connectivity index (χ3v) is 6.29. The van der Waals surface area contributed by atoms with Crippen LogP contribution in [0.3, 0.4) is 0 Å². The smallest absolute Gasteiger partial charge is 0.254 e. The van der Waals surface area contributed by atoms with Crippen molar-refractivity contribution in [1.29, 1.82) is 5.41 Å². The fraction of sp³-hybridized carbons (Fsp3) is 0.350. The zero-order chi connectivity index (χ0) is 22.3. The summed E-state index contributed by atoms with van der Waals surface area (Å²) in [5.41, 5.74) is 6.96. The molecule has 1 saturated heterocycles. The highest BCUT2D eigenvalue weighted by atomic mass is 35.5. The van der Waals surface area contributed by atoms with Gasteiger partial charge < -0.3 is 36.1 Å². The van der Waals surface area contributed by atoms with Gasteiger partial charge in [0, 0.05) is 54.9 Å². The lowest BCUT2D eigenvalue weighted by Gasteiger charge is -2.31. The number of anilines is 1. The first-order valence-electron chi connectivity index (χ1n) is 9.59. The normalized spacial score (nSPS) is 23.9. The number of aliphatic hydroxyl groups is 2. The van der Waals surface area contributed by atoms with Crippen LogP contribution < -0.4 is 11.1 Å². The quantitative estimate of drug-likeness (QED) is 0.453. The zero-order valence-corrected chi connectivity index (χ0v) is 17.9. The lowest BCUT2D eigenvalue weighted by Crippen LogP contribution is -2.45. The number of rotatable bonds is 2. The van der Waals surface area contributed by atoms with Crippen molar-refractivity contribution in [2.75, 3.05) is 32.0 Å². The number of likely N-dealkylation sites (tertiary alicyclic amines) is 1. The molecule has 0 bridgehead atoms. The van der Waals surface area contributed by atoms with Crippen molar-refractivity contribution in [3.63, 3.8) is 0 Å². The van der Waals surface area contributed by atoms with E-state index >= 15 is 0 Å². The molecule has 1 aromatic heterocycles. The van der Waals surface area contributed by atoms with Crippen LogP contribution in [-0.2, 0) is 6.42 Å². The van der Waals surface area contributed by atoms with Crippen LogP contribution in [0.5, 0.6) is 0 Å². The molecular weight excluding hydrogens is 445 g/mol. The number of hydrogen-bond acceptors (Lipinski definition) is 8. The Labute approximate surface area is 187 Å². The molecule has 164 valence electrons. The van der Waals surface area contributed by atoms with Gasteiger partial charge in [0.1, 0.15) is 11.3 Å². The number of aliphatic hydroxyl groups excluding tert-OH is 1. The van der Waals surface area contributed by atoms with Gasteiger partial charge in [0.2, 0.25) is 5.88 Å². The largest absolute Gasteiger partial charge is 0.393 e. The number of β-amino-alcohol motifs (C(OH)–C–C–N with tert-alkyl or cyclic N) is 1. The summed E-state index contributed by atoms with van der Waals surface area (Å²) in [5.74, 6) is -0.209. The maximum atomic E-state index is 13.0. The van der Waals surface area contributed by atoms with Crippen molar-refractivity contribution in [3.8, 4) is 0 Å². The molecule has 4 rings (SSSR count). The first-order chi connectivity index (χ1) is 14.7. The van der Waals surface area contributed by atoms with E-state index in [-0.39, 0.29) is 36.3 Å². The van der Waals surface area contributed by atoms with Gasteiger partial charge in [-0.05, 0) is 18.2 Å². The van der Waals surface area contributed by atoms with Gasteiger partial charge in [-0.3, -0.25) is 4.79 Å². The molecular formula is C20H21Cl2N5O4. The molecule has 0 radical (unpaired) electrons. The number of halogens is 2. The van der Waals surface area contributed by atoms with E-state index in [1.165, 1.54) is 6.07 Å². The molecule has 1 unspecified atom stereocenters. The van der Waals surface area contributed by atoms with E-state index in [0.717, 1.165) is 0 Å². The molecule has 0 aliphatic carbocycles. The first kappa shape index (κ1) is 21.6. The lowest BCUT2D eigenvalue weighted by molar-refractivity contribution is -0.00899. The molecule has 1 amide bonds. The predicted molar refractivity (Wildman–Crippen MR) is 116 cm³/mol. The number of piperidine rings is 1. The number of nitrogens with two attached hydrogens (primary N) is 1. The van der Waals surface area contributed by atoms with Crippen LogP contribution in [0, 0.1) is 5.41 Å². The molecule has 3 heterocycles. The molecule has 11 heteroatoms. The van der Waals surface area contributed by atoms with Crippen LogP contribution in [0.2, 0.25) is 10.0 Å². The summed E-state index contributed by atoms with van der Waals surface area (Å²) in [6.45, 7) is 0.0330. The van der Waals surface area contributed by atoms with E-state index < -0.39 is 12.2 Å². The average molecular weight is 466 g/mol. The maximum Gasteiger partial charge on any atom is 0.254 e. The predicted octanol–water partition coefficient (Wildman–Crippen LogP) is 1.71. The highest BCUT2D eigenvalue weighted by Gasteiger charge is 2.37. The second-order valence-electron chi connectivity index (χ2n) is 7.72. The molecule has 9 nitrogen and oxygen atoms in total. The third kappa shape index (κ3) is 4.01. The van der Waals surface area contributed by atoms with E-state index in [0.29, 0.717) is 51.8 Å². The van der Waals surface area contributed by atoms with Crippen molar-refractivity contribution in [2.45, 2.75) is 18.4 Å². The van der Waals surface area contributed by atoms with Crippen LogP contribution in [0.25, 0.3) is 5.70 Å². The Kier molecular flexibility index (Phi) is 5.69. The minimum atomic E-state index is -1.47. The van der Waals surface area contributed by atoms with Gasteiger partial charge in [0.05, 0.1) is 22.3 Å². The van der Waals surface area contributed by atoms with E-state index in [1.807, 2.05) is 0 Å². The summed E-state index contributed by atoms with van der Waals surface area (Å²) in [7, 11) is 0. The van der Waals surface area contributed by atoms with Crippen molar-refractivity contribution < 1.29 is 19.5 Å². The van der Waals surface area contributed by atoms with Gasteiger partial charge in [-0.15, -0.1) is 0 Å². The highest BCUT2D eigenvalue weighted by Crippen LogP contribution is 2.33. The van der Waals surface area contributed by atoms with Gasteiger partial charge in [0.15, 0.2) is 0 Å². The Morgan fingerprint density at radius 3 is 2.87 bits per heavy atom.